The van der Waals surface area contributed by atoms with E-state index in [4.69, 9.17) is 4.74 Å². The molecule has 2 N–H and O–H groups in total. The summed E-state index contributed by atoms with van der Waals surface area (Å²) in [5, 5.41) is 3.84. The molecular formula is C16H13BrN2O2. The first kappa shape index (κ1) is 13.7. The lowest BCUT2D eigenvalue weighted by Gasteiger charge is -2.04. The molecule has 0 aliphatic rings. The standard InChI is InChI=1S/C16H13BrN2O2/c1-21-13-5-3-12(4-6-13)18-16(20)15-9-10-8-11(17)2-7-14(10)19-15/h2-9,19H,1H3,(H,18,20). The van der Waals surface area contributed by atoms with Crippen molar-refractivity contribution in [2.45, 2.75) is 0 Å². The number of rotatable bonds is 3. The first-order valence-electron chi connectivity index (χ1n) is 6.39. The minimum atomic E-state index is -0.174. The van der Waals surface area contributed by atoms with Gasteiger partial charge in [0, 0.05) is 21.1 Å². The number of carbonyl (C=O) groups excluding carboxylic acids is 1. The van der Waals surface area contributed by atoms with Crippen LogP contribution >= 0.6 is 15.9 Å². The van der Waals surface area contributed by atoms with E-state index in [9.17, 15) is 4.79 Å². The molecule has 3 rings (SSSR count). The Morgan fingerprint density at radius 1 is 1.14 bits per heavy atom. The Bertz CT molecular complexity index is 794. The minimum absolute atomic E-state index is 0.174. The van der Waals surface area contributed by atoms with Gasteiger partial charge in [-0.1, -0.05) is 15.9 Å². The topological polar surface area (TPSA) is 54.1 Å². The molecule has 0 spiro atoms. The number of benzene rings is 2. The molecule has 21 heavy (non-hydrogen) atoms. The molecular weight excluding hydrogens is 332 g/mol. The second-order valence-corrected chi connectivity index (χ2v) is 5.51. The van der Waals surface area contributed by atoms with Gasteiger partial charge in [0.1, 0.15) is 11.4 Å². The summed E-state index contributed by atoms with van der Waals surface area (Å²) in [6, 6.07) is 14.9. The summed E-state index contributed by atoms with van der Waals surface area (Å²) in [4.78, 5) is 15.3. The number of fused-ring (bicyclic) bond motifs is 1. The lowest BCUT2D eigenvalue weighted by molar-refractivity contribution is 0.102. The van der Waals surface area contributed by atoms with E-state index < -0.39 is 0 Å². The Morgan fingerprint density at radius 3 is 2.62 bits per heavy atom. The first-order valence-corrected chi connectivity index (χ1v) is 7.19. The van der Waals surface area contributed by atoms with Gasteiger partial charge in [-0.2, -0.15) is 0 Å². The van der Waals surface area contributed by atoms with Crippen molar-refractivity contribution in [3.8, 4) is 5.75 Å². The Hall–Kier alpha value is -2.27. The summed E-state index contributed by atoms with van der Waals surface area (Å²) in [7, 11) is 1.61. The number of H-pyrrole nitrogens is 1. The predicted molar refractivity (Wildman–Crippen MR) is 86.9 cm³/mol. The van der Waals surface area contributed by atoms with Gasteiger partial charge in [0.05, 0.1) is 7.11 Å². The summed E-state index contributed by atoms with van der Waals surface area (Å²) in [6.07, 6.45) is 0. The molecule has 0 unspecified atom stereocenters. The van der Waals surface area contributed by atoms with Crippen LogP contribution in [0.2, 0.25) is 0 Å². The maximum Gasteiger partial charge on any atom is 0.272 e. The lowest BCUT2D eigenvalue weighted by atomic mass is 10.2. The van der Waals surface area contributed by atoms with Crippen LogP contribution in [-0.2, 0) is 0 Å². The highest BCUT2D eigenvalue weighted by atomic mass is 79.9. The van der Waals surface area contributed by atoms with Crippen molar-refractivity contribution in [2.24, 2.45) is 0 Å². The van der Waals surface area contributed by atoms with E-state index >= 15 is 0 Å². The molecule has 0 aliphatic carbocycles. The molecule has 106 valence electrons. The van der Waals surface area contributed by atoms with Gasteiger partial charge < -0.3 is 15.0 Å². The number of halogens is 1. The fourth-order valence-electron chi connectivity index (χ4n) is 2.10. The van der Waals surface area contributed by atoms with Gasteiger partial charge in [0.2, 0.25) is 0 Å². The normalized spacial score (nSPS) is 10.6. The molecule has 0 aliphatic heterocycles. The number of ether oxygens (including phenoxy) is 1. The van der Waals surface area contributed by atoms with Crippen LogP contribution in [0.15, 0.2) is 53.0 Å². The van der Waals surface area contributed by atoms with Crippen molar-refractivity contribution in [2.75, 3.05) is 12.4 Å². The van der Waals surface area contributed by atoms with Gasteiger partial charge in [-0.05, 0) is 48.5 Å². The second-order valence-electron chi connectivity index (χ2n) is 4.60. The van der Waals surface area contributed by atoms with E-state index in [2.05, 4.69) is 26.2 Å². The molecule has 1 amide bonds. The molecule has 1 aromatic heterocycles. The van der Waals surface area contributed by atoms with Crippen molar-refractivity contribution in [1.29, 1.82) is 0 Å². The molecule has 1 heterocycles. The molecule has 0 saturated heterocycles. The molecule has 4 nitrogen and oxygen atoms in total. The number of aromatic amines is 1. The van der Waals surface area contributed by atoms with Crippen LogP contribution in [0.4, 0.5) is 5.69 Å². The van der Waals surface area contributed by atoms with E-state index in [1.807, 2.05) is 24.3 Å². The molecule has 2 aromatic carbocycles. The van der Waals surface area contributed by atoms with Crippen LogP contribution in [0.25, 0.3) is 10.9 Å². The molecule has 0 atom stereocenters. The zero-order valence-electron chi connectivity index (χ0n) is 11.3. The van der Waals surface area contributed by atoms with Crippen LogP contribution in [-0.4, -0.2) is 18.0 Å². The minimum Gasteiger partial charge on any atom is -0.497 e. The number of nitrogens with one attached hydrogen (secondary N) is 2. The highest BCUT2D eigenvalue weighted by Gasteiger charge is 2.10. The van der Waals surface area contributed by atoms with Crippen molar-refractivity contribution in [3.05, 3.63) is 58.7 Å². The monoisotopic (exact) mass is 344 g/mol. The van der Waals surface area contributed by atoms with Crippen molar-refractivity contribution >= 4 is 38.4 Å². The third-order valence-corrected chi connectivity index (χ3v) is 3.67. The average molecular weight is 345 g/mol. The van der Waals surface area contributed by atoms with Gasteiger partial charge in [-0.15, -0.1) is 0 Å². The van der Waals surface area contributed by atoms with Gasteiger partial charge in [-0.3, -0.25) is 4.79 Å². The van der Waals surface area contributed by atoms with E-state index in [0.29, 0.717) is 5.69 Å². The highest BCUT2D eigenvalue weighted by Crippen LogP contribution is 2.21. The Kier molecular flexibility index (Phi) is 3.66. The maximum atomic E-state index is 12.2. The summed E-state index contributed by atoms with van der Waals surface area (Å²) in [5.74, 6) is 0.580. The molecule has 0 saturated carbocycles. The van der Waals surface area contributed by atoms with Crippen LogP contribution in [0.1, 0.15) is 10.5 Å². The fourth-order valence-corrected chi connectivity index (χ4v) is 2.48. The van der Waals surface area contributed by atoms with Gasteiger partial charge in [-0.25, -0.2) is 0 Å². The number of hydrogen-bond donors (Lipinski definition) is 2. The molecule has 0 fully saturated rings. The number of methoxy groups -OCH3 is 1. The highest BCUT2D eigenvalue weighted by molar-refractivity contribution is 9.10. The van der Waals surface area contributed by atoms with E-state index in [-0.39, 0.29) is 5.91 Å². The zero-order valence-corrected chi connectivity index (χ0v) is 12.9. The maximum absolute atomic E-state index is 12.2. The van der Waals surface area contributed by atoms with E-state index in [1.54, 1.807) is 31.4 Å². The van der Waals surface area contributed by atoms with Crippen LogP contribution in [0.3, 0.4) is 0 Å². The number of aromatic nitrogens is 1. The Labute approximate surface area is 130 Å². The summed E-state index contributed by atoms with van der Waals surface area (Å²) >= 11 is 3.42. The summed E-state index contributed by atoms with van der Waals surface area (Å²) in [6.45, 7) is 0. The molecule has 0 bridgehead atoms. The Morgan fingerprint density at radius 2 is 1.90 bits per heavy atom. The van der Waals surface area contributed by atoms with Gasteiger partial charge in [0.15, 0.2) is 0 Å². The van der Waals surface area contributed by atoms with Crippen LogP contribution in [0.5, 0.6) is 5.75 Å². The SMILES string of the molecule is COc1ccc(NC(=O)c2cc3cc(Br)ccc3[nH]2)cc1. The molecule has 5 heteroatoms. The summed E-state index contributed by atoms with van der Waals surface area (Å²) in [5.41, 5.74) is 2.18. The quantitative estimate of drug-likeness (QED) is 0.748. The van der Waals surface area contributed by atoms with Crippen molar-refractivity contribution in [3.63, 3.8) is 0 Å². The Balaban J connectivity index is 1.82. The number of anilines is 1. The molecule has 0 radical (unpaired) electrons. The van der Waals surface area contributed by atoms with E-state index in [0.717, 1.165) is 26.8 Å². The number of carbonyl (C=O) groups is 1. The van der Waals surface area contributed by atoms with Crippen LogP contribution < -0.4 is 10.1 Å². The average Bonchev–Trinajstić information content (AvgIpc) is 2.91. The molecule has 3 aromatic rings. The predicted octanol–water partition coefficient (Wildman–Crippen LogP) is 4.19. The second kappa shape index (κ2) is 5.61. The largest absolute Gasteiger partial charge is 0.497 e. The zero-order chi connectivity index (χ0) is 14.8. The lowest BCUT2D eigenvalue weighted by Crippen LogP contribution is -2.12. The van der Waals surface area contributed by atoms with Crippen molar-refractivity contribution in [1.82, 2.24) is 4.98 Å². The number of hydrogen-bond acceptors (Lipinski definition) is 2. The third-order valence-electron chi connectivity index (χ3n) is 3.18. The van der Waals surface area contributed by atoms with Crippen molar-refractivity contribution < 1.29 is 9.53 Å². The third kappa shape index (κ3) is 2.92. The van der Waals surface area contributed by atoms with E-state index in [1.165, 1.54) is 0 Å². The fraction of sp³-hybridized carbons (Fsp3) is 0.0625. The van der Waals surface area contributed by atoms with Gasteiger partial charge >= 0.3 is 0 Å². The van der Waals surface area contributed by atoms with Gasteiger partial charge in [0.25, 0.3) is 5.91 Å². The first-order chi connectivity index (χ1) is 10.2. The summed E-state index contributed by atoms with van der Waals surface area (Å²) < 4.78 is 6.07. The number of amides is 1. The smallest absolute Gasteiger partial charge is 0.272 e. The van der Waals surface area contributed by atoms with Crippen LogP contribution in [0, 0.1) is 0 Å².